The van der Waals surface area contributed by atoms with Crippen molar-refractivity contribution in [1.29, 1.82) is 0 Å². The Hall–Kier alpha value is -3.76. The monoisotopic (exact) mass is 467 g/mol. The Bertz CT molecular complexity index is 1350. The molecule has 10 heteroatoms. The van der Waals surface area contributed by atoms with E-state index >= 15 is 0 Å². The number of hydrogen-bond donors (Lipinski definition) is 2. The Labute approximate surface area is 190 Å². The summed E-state index contributed by atoms with van der Waals surface area (Å²) in [5.41, 5.74) is 1.84. The maximum Gasteiger partial charge on any atom is 0.256 e. The molecule has 4 aromatic rings. The number of nitrogens with one attached hydrogen (secondary N) is 2. The summed E-state index contributed by atoms with van der Waals surface area (Å²) in [5.74, 6) is -0.314. The summed E-state index contributed by atoms with van der Waals surface area (Å²) in [6.45, 7) is 1.98. The van der Waals surface area contributed by atoms with E-state index in [1.54, 1.807) is 41.2 Å². The zero-order valence-electron chi connectivity index (χ0n) is 17.8. The van der Waals surface area contributed by atoms with Crippen molar-refractivity contribution >= 4 is 15.9 Å². The minimum atomic E-state index is -3.67. The molecule has 0 fully saturated rings. The van der Waals surface area contributed by atoms with Crippen LogP contribution in [0, 0.1) is 12.7 Å². The first kappa shape index (κ1) is 22.4. The number of hydrogen-bond acceptors (Lipinski definition) is 4. The summed E-state index contributed by atoms with van der Waals surface area (Å²) < 4.78 is 43.9. The number of amides is 1. The first-order valence-electron chi connectivity index (χ1n) is 10.2. The summed E-state index contributed by atoms with van der Waals surface area (Å²) in [7, 11) is -3.67. The molecule has 8 nitrogen and oxygen atoms in total. The van der Waals surface area contributed by atoms with Crippen molar-refractivity contribution < 1.29 is 17.6 Å². The Morgan fingerprint density at radius 3 is 2.33 bits per heavy atom. The predicted molar refractivity (Wildman–Crippen MR) is 122 cm³/mol. The van der Waals surface area contributed by atoms with Crippen LogP contribution >= 0.6 is 0 Å². The molecule has 2 aromatic carbocycles. The van der Waals surface area contributed by atoms with Crippen LogP contribution in [-0.4, -0.2) is 41.8 Å². The molecule has 2 heterocycles. The third kappa shape index (κ3) is 5.02. The molecule has 4 rings (SSSR count). The lowest BCUT2D eigenvalue weighted by Gasteiger charge is -2.12. The third-order valence-electron chi connectivity index (χ3n) is 4.94. The van der Waals surface area contributed by atoms with E-state index in [1.165, 1.54) is 35.1 Å². The predicted octanol–water partition coefficient (Wildman–Crippen LogP) is 2.82. The second-order valence-electron chi connectivity index (χ2n) is 7.33. The van der Waals surface area contributed by atoms with Crippen molar-refractivity contribution in [2.75, 3.05) is 13.1 Å². The van der Waals surface area contributed by atoms with Gasteiger partial charge in [-0.1, -0.05) is 17.7 Å². The number of aromatic nitrogens is 3. The van der Waals surface area contributed by atoms with Crippen molar-refractivity contribution in [2.24, 2.45) is 0 Å². The van der Waals surface area contributed by atoms with Gasteiger partial charge in [0.25, 0.3) is 5.91 Å². The first-order valence-corrected chi connectivity index (χ1v) is 11.7. The zero-order chi connectivity index (χ0) is 23.4. The molecule has 0 radical (unpaired) electrons. The maximum absolute atomic E-state index is 13.3. The van der Waals surface area contributed by atoms with E-state index in [0.717, 1.165) is 5.56 Å². The molecule has 0 aliphatic carbocycles. The number of rotatable bonds is 8. The Kier molecular flexibility index (Phi) is 6.38. The van der Waals surface area contributed by atoms with E-state index in [1.807, 2.05) is 19.1 Å². The molecule has 0 bridgehead atoms. The number of benzene rings is 2. The van der Waals surface area contributed by atoms with E-state index in [9.17, 15) is 17.6 Å². The van der Waals surface area contributed by atoms with Crippen LogP contribution in [0.3, 0.4) is 0 Å². The van der Waals surface area contributed by atoms with Crippen LogP contribution in [0.15, 0.2) is 84.1 Å². The molecule has 1 amide bonds. The summed E-state index contributed by atoms with van der Waals surface area (Å²) in [6.07, 6.45) is 4.96. The highest BCUT2D eigenvalue weighted by Gasteiger charge is 2.20. The van der Waals surface area contributed by atoms with Gasteiger partial charge in [0.05, 0.1) is 16.8 Å². The number of carbonyl (C=O) groups is 1. The van der Waals surface area contributed by atoms with Crippen molar-refractivity contribution in [3.63, 3.8) is 0 Å². The lowest BCUT2D eigenvalue weighted by molar-refractivity contribution is 0.0954. The SMILES string of the molecule is Cc1ccc(S(=O)(=O)NCCNC(=O)c2cnn(-c3ccc(F)cc3)c2-n2cccc2)cc1. The molecule has 0 aliphatic heterocycles. The smallest absolute Gasteiger partial charge is 0.256 e. The van der Waals surface area contributed by atoms with Gasteiger partial charge in [-0.25, -0.2) is 22.2 Å². The minimum Gasteiger partial charge on any atom is -0.351 e. The Morgan fingerprint density at radius 1 is 1.00 bits per heavy atom. The molecule has 0 unspecified atom stereocenters. The molecular weight excluding hydrogens is 445 g/mol. The fraction of sp³-hybridized carbons (Fsp3) is 0.130. The molecule has 2 N–H and O–H groups in total. The van der Waals surface area contributed by atoms with Crippen LogP contribution in [-0.2, 0) is 10.0 Å². The number of sulfonamides is 1. The highest BCUT2D eigenvalue weighted by molar-refractivity contribution is 7.89. The third-order valence-corrected chi connectivity index (χ3v) is 6.42. The fourth-order valence-corrected chi connectivity index (χ4v) is 4.29. The zero-order valence-corrected chi connectivity index (χ0v) is 18.6. The molecule has 0 atom stereocenters. The molecule has 0 aliphatic rings. The van der Waals surface area contributed by atoms with Crippen LogP contribution in [0.2, 0.25) is 0 Å². The summed E-state index contributed by atoms with van der Waals surface area (Å²) >= 11 is 0. The van der Waals surface area contributed by atoms with Crippen LogP contribution in [0.5, 0.6) is 0 Å². The normalized spacial score (nSPS) is 11.5. The van der Waals surface area contributed by atoms with E-state index in [0.29, 0.717) is 11.5 Å². The Morgan fingerprint density at radius 2 is 1.67 bits per heavy atom. The molecule has 2 aromatic heterocycles. The van der Waals surface area contributed by atoms with Gasteiger partial charge in [-0.2, -0.15) is 5.10 Å². The first-order chi connectivity index (χ1) is 15.8. The van der Waals surface area contributed by atoms with E-state index < -0.39 is 15.9 Å². The lowest BCUT2D eigenvalue weighted by atomic mass is 10.2. The van der Waals surface area contributed by atoms with Gasteiger partial charge in [0.2, 0.25) is 10.0 Å². The van der Waals surface area contributed by atoms with Crippen LogP contribution in [0.25, 0.3) is 11.5 Å². The maximum atomic E-state index is 13.3. The van der Waals surface area contributed by atoms with Gasteiger partial charge in [-0.05, 0) is 55.5 Å². The van der Waals surface area contributed by atoms with Crippen molar-refractivity contribution in [2.45, 2.75) is 11.8 Å². The Balaban J connectivity index is 1.47. The highest BCUT2D eigenvalue weighted by atomic mass is 32.2. The number of aryl methyl sites for hydroxylation is 1. The van der Waals surface area contributed by atoms with Gasteiger partial charge in [0, 0.05) is 25.5 Å². The van der Waals surface area contributed by atoms with Gasteiger partial charge in [-0.15, -0.1) is 0 Å². The number of carbonyl (C=O) groups excluding carboxylic acids is 1. The van der Waals surface area contributed by atoms with Crippen molar-refractivity contribution in [3.8, 4) is 11.5 Å². The summed E-state index contributed by atoms with van der Waals surface area (Å²) in [4.78, 5) is 13.0. The van der Waals surface area contributed by atoms with E-state index in [2.05, 4.69) is 15.1 Å². The fourth-order valence-electron chi connectivity index (χ4n) is 3.25. The van der Waals surface area contributed by atoms with Gasteiger partial charge in [0.15, 0.2) is 5.82 Å². The quantitative estimate of drug-likeness (QED) is 0.390. The molecule has 0 saturated carbocycles. The van der Waals surface area contributed by atoms with Crippen molar-refractivity contribution in [1.82, 2.24) is 24.4 Å². The standard InChI is InChI=1S/C23H22FN5O3S/c1-17-4-10-20(11-5-17)33(31,32)27-13-12-25-22(30)21-16-26-29(19-8-6-18(24)7-9-19)23(21)28-14-2-3-15-28/h2-11,14-16,27H,12-13H2,1H3,(H,25,30). The van der Waals surface area contributed by atoms with E-state index in [4.69, 9.17) is 0 Å². The molecular formula is C23H22FN5O3S. The minimum absolute atomic E-state index is 0.0207. The lowest BCUT2D eigenvalue weighted by Crippen LogP contribution is -2.35. The largest absolute Gasteiger partial charge is 0.351 e. The van der Waals surface area contributed by atoms with Gasteiger partial charge < -0.3 is 9.88 Å². The van der Waals surface area contributed by atoms with Crippen LogP contribution in [0.1, 0.15) is 15.9 Å². The second-order valence-corrected chi connectivity index (χ2v) is 9.09. The average molecular weight is 468 g/mol. The molecule has 0 spiro atoms. The molecule has 170 valence electrons. The van der Waals surface area contributed by atoms with Crippen LogP contribution in [0.4, 0.5) is 4.39 Å². The highest BCUT2D eigenvalue weighted by Crippen LogP contribution is 2.20. The van der Waals surface area contributed by atoms with Gasteiger partial charge >= 0.3 is 0 Å². The number of nitrogens with zero attached hydrogens (tertiary/aromatic N) is 3. The second kappa shape index (κ2) is 9.39. The summed E-state index contributed by atoms with van der Waals surface area (Å²) in [6, 6.07) is 15.9. The van der Waals surface area contributed by atoms with Gasteiger partial charge in [-0.3, -0.25) is 4.79 Å². The topological polar surface area (TPSA) is 98.0 Å². The van der Waals surface area contributed by atoms with Gasteiger partial charge in [0.1, 0.15) is 11.4 Å². The number of halogens is 1. The molecule has 33 heavy (non-hydrogen) atoms. The van der Waals surface area contributed by atoms with E-state index in [-0.39, 0.29) is 29.4 Å². The average Bonchev–Trinajstić information content (AvgIpc) is 3.47. The van der Waals surface area contributed by atoms with Crippen molar-refractivity contribution in [3.05, 3.63) is 96.2 Å². The van der Waals surface area contributed by atoms with Crippen LogP contribution < -0.4 is 10.0 Å². The molecule has 0 saturated heterocycles. The summed E-state index contributed by atoms with van der Waals surface area (Å²) in [5, 5.41) is 7.02.